The van der Waals surface area contributed by atoms with E-state index in [1.54, 1.807) is 6.07 Å². The smallest absolute Gasteiger partial charge is 0.153 e. The Morgan fingerprint density at radius 3 is 2.55 bits per heavy atom. The molecule has 0 heterocycles. The van der Waals surface area contributed by atoms with E-state index in [1.165, 1.54) is 12.1 Å². The Labute approximate surface area is 73.6 Å². The molecule has 0 unspecified atom stereocenters. The zero-order valence-electron chi connectivity index (χ0n) is 5.31. The van der Waals surface area contributed by atoms with Crippen molar-refractivity contribution >= 4 is 23.2 Å². The third kappa shape index (κ3) is 1.40. The minimum atomic E-state index is -0.262. The van der Waals surface area contributed by atoms with Crippen molar-refractivity contribution in [2.45, 2.75) is 0 Å². The quantitative estimate of drug-likeness (QED) is 0.679. The van der Waals surface area contributed by atoms with Crippen LogP contribution in [-0.2, 0) is 0 Å². The van der Waals surface area contributed by atoms with Gasteiger partial charge in [-0.1, -0.05) is 23.2 Å². The van der Waals surface area contributed by atoms with Crippen LogP contribution < -0.4 is 0 Å². The fourth-order valence-electron chi connectivity index (χ4n) is 0.630. The lowest BCUT2D eigenvalue weighted by molar-refractivity contribution is 0.474. The Morgan fingerprint density at radius 1 is 1.36 bits per heavy atom. The molecule has 0 amide bonds. The van der Waals surface area contributed by atoms with Gasteiger partial charge in [-0.3, -0.25) is 0 Å². The summed E-state index contributed by atoms with van der Waals surface area (Å²) >= 11 is 11.1. The summed E-state index contributed by atoms with van der Waals surface area (Å²) in [6, 6.07) is 4.64. The number of halogens is 2. The molecule has 0 saturated heterocycles. The molecule has 0 aliphatic heterocycles. The molecule has 1 aromatic carbocycles. The fraction of sp³-hybridized carbons (Fsp3) is 0. The van der Waals surface area contributed by atoms with Crippen LogP contribution in [0.15, 0.2) is 12.1 Å². The standard InChI is InChI=1S/C7H3Cl2NO/c8-5-2-1-4(3-10)7(11)6(5)9/h1-2,11H. The highest BCUT2D eigenvalue weighted by atomic mass is 35.5. The van der Waals surface area contributed by atoms with Crippen LogP contribution in [0.2, 0.25) is 10.0 Å². The molecule has 0 atom stereocenters. The van der Waals surface area contributed by atoms with E-state index >= 15 is 0 Å². The minimum Gasteiger partial charge on any atom is -0.505 e. The highest BCUT2D eigenvalue weighted by molar-refractivity contribution is 6.43. The van der Waals surface area contributed by atoms with Crippen molar-refractivity contribution in [1.29, 1.82) is 5.26 Å². The van der Waals surface area contributed by atoms with Crippen LogP contribution >= 0.6 is 23.2 Å². The van der Waals surface area contributed by atoms with E-state index in [0.29, 0.717) is 0 Å². The summed E-state index contributed by atoms with van der Waals surface area (Å²) in [6.45, 7) is 0. The SMILES string of the molecule is N#Cc1ccc(Cl)c(Cl)c1O. The lowest BCUT2D eigenvalue weighted by Gasteiger charge is -1.99. The van der Waals surface area contributed by atoms with Gasteiger partial charge >= 0.3 is 0 Å². The van der Waals surface area contributed by atoms with E-state index < -0.39 is 0 Å². The van der Waals surface area contributed by atoms with Crippen LogP contribution in [0.5, 0.6) is 5.75 Å². The number of phenols is 1. The first-order valence-corrected chi connectivity index (χ1v) is 3.49. The Morgan fingerprint density at radius 2 is 2.00 bits per heavy atom. The summed E-state index contributed by atoms with van der Waals surface area (Å²) < 4.78 is 0. The van der Waals surface area contributed by atoms with Crippen LogP contribution in [0.1, 0.15) is 5.56 Å². The average molecular weight is 188 g/mol. The molecule has 1 N–H and O–H groups in total. The normalized spacial score (nSPS) is 9.18. The summed E-state index contributed by atoms with van der Waals surface area (Å²) in [7, 11) is 0. The van der Waals surface area contributed by atoms with E-state index in [1.807, 2.05) is 0 Å². The van der Waals surface area contributed by atoms with E-state index in [2.05, 4.69) is 0 Å². The minimum absolute atomic E-state index is 0.0192. The number of benzene rings is 1. The van der Waals surface area contributed by atoms with Gasteiger partial charge in [-0.25, -0.2) is 0 Å². The molecule has 0 spiro atoms. The maximum atomic E-state index is 9.14. The van der Waals surface area contributed by atoms with Crippen LogP contribution in [0.4, 0.5) is 0 Å². The molecule has 4 heteroatoms. The largest absolute Gasteiger partial charge is 0.505 e. The van der Waals surface area contributed by atoms with Crippen molar-refractivity contribution < 1.29 is 5.11 Å². The molecule has 0 aliphatic rings. The van der Waals surface area contributed by atoms with E-state index in [-0.39, 0.29) is 21.4 Å². The van der Waals surface area contributed by atoms with Gasteiger partial charge in [0.2, 0.25) is 0 Å². The Hall–Kier alpha value is -0.910. The van der Waals surface area contributed by atoms with Gasteiger partial charge in [0, 0.05) is 0 Å². The van der Waals surface area contributed by atoms with Gasteiger partial charge in [0.05, 0.1) is 10.6 Å². The molecule has 0 aliphatic carbocycles. The molecule has 0 fully saturated rings. The lowest BCUT2D eigenvalue weighted by atomic mass is 10.2. The predicted molar refractivity (Wildman–Crippen MR) is 42.8 cm³/mol. The molecule has 0 saturated carbocycles. The number of phenolic OH excluding ortho intramolecular Hbond substituents is 1. The van der Waals surface area contributed by atoms with Gasteiger partial charge in [0.25, 0.3) is 0 Å². The number of rotatable bonds is 0. The number of nitrogens with zero attached hydrogens (tertiary/aromatic N) is 1. The molecule has 1 aromatic rings. The highest BCUT2D eigenvalue weighted by Crippen LogP contribution is 2.33. The average Bonchev–Trinajstić information content (AvgIpc) is 2.01. The number of hydrogen-bond acceptors (Lipinski definition) is 2. The molecule has 1 rings (SSSR count). The lowest BCUT2D eigenvalue weighted by Crippen LogP contribution is -1.77. The highest BCUT2D eigenvalue weighted by Gasteiger charge is 2.07. The van der Waals surface area contributed by atoms with E-state index in [4.69, 9.17) is 33.6 Å². The van der Waals surface area contributed by atoms with Gasteiger partial charge in [0.1, 0.15) is 11.1 Å². The summed E-state index contributed by atoms with van der Waals surface area (Å²) in [5.41, 5.74) is 0.124. The zero-order chi connectivity index (χ0) is 8.43. The Kier molecular flexibility index (Phi) is 2.23. The van der Waals surface area contributed by atoms with Crippen LogP contribution in [0, 0.1) is 11.3 Å². The molecule has 2 nitrogen and oxygen atoms in total. The van der Waals surface area contributed by atoms with Gasteiger partial charge in [0.15, 0.2) is 5.75 Å². The van der Waals surface area contributed by atoms with Crippen molar-refractivity contribution in [3.8, 4) is 11.8 Å². The number of aromatic hydroxyl groups is 1. The summed E-state index contributed by atoms with van der Waals surface area (Å²) in [5.74, 6) is -0.262. The van der Waals surface area contributed by atoms with Gasteiger partial charge in [-0.2, -0.15) is 5.26 Å². The predicted octanol–water partition coefficient (Wildman–Crippen LogP) is 2.57. The van der Waals surface area contributed by atoms with Crippen molar-refractivity contribution in [1.82, 2.24) is 0 Å². The van der Waals surface area contributed by atoms with Crippen molar-refractivity contribution in [2.24, 2.45) is 0 Å². The molecule has 0 bridgehead atoms. The fourth-order valence-corrected chi connectivity index (χ4v) is 0.947. The second-order valence-electron chi connectivity index (χ2n) is 1.87. The topological polar surface area (TPSA) is 44.0 Å². The Balaban J connectivity index is 3.40. The monoisotopic (exact) mass is 187 g/mol. The molecular formula is C7H3Cl2NO. The third-order valence-electron chi connectivity index (χ3n) is 1.19. The van der Waals surface area contributed by atoms with Crippen LogP contribution in [0.3, 0.4) is 0 Å². The molecular weight excluding hydrogens is 185 g/mol. The van der Waals surface area contributed by atoms with Gasteiger partial charge in [-0.05, 0) is 12.1 Å². The van der Waals surface area contributed by atoms with Crippen molar-refractivity contribution in [3.63, 3.8) is 0 Å². The van der Waals surface area contributed by atoms with Crippen molar-refractivity contribution in [2.75, 3.05) is 0 Å². The van der Waals surface area contributed by atoms with Crippen LogP contribution in [0.25, 0.3) is 0 Å². The number of nitriles is 1. The molecule has 0 aromatic heterocycles. The van der Waals surface area contributed by atoms with E-state index in [0.717, 1.165) is 0 Å². The third-order valence-corrected chi connectivity index (χ3v) is 1.98. The van der Waals surface area contributed by atoms with Crippen molar-refractivity contribution in [3.05, 3.63) is 27.7 Å². The summed E-state index contributed by atoms with van der Waals surface area (Å²) in [5, 5.41) is 17.8. The van der Waals surface area contributed by atoms with E-state index in [9.17, 15) is 0 Å². The first-order chi connectivity index (χ1) is 5.16. The first kappa shape index (κ1) is 8.19. The second kappa shape index (κ2) is 3.00. The maximum Gasteiger partial charge on any atom is 0.153 e. The molecule has 0 radical (unpaired) electrons. The Bertz CT molecular complexity index is 330. The zero-order valence-corrected chi connectivity index (χ0v) is 6.82. The second-order valence-corrected chi connectivity index (χ2v) is 2.65. The van der Waals surface area contributed by atoms with Gasteiger partial charge in [-0.15, -0.1) is 0 Å². The summed E-state index contributed by atoms with van der Waals surface area (Å²) in [6.07, 6.45) is 0. The first-order valence-electron chi connectivity index (χ1n) is 2.74. The summed E-state index contributed by atoms with van der Waals surface area (Å²) in [4.78, 5) is 0. The van der Waals surface area contributed by atoms with Gasteiger partial charge < -0.3 is 5.11 Å². The number of hydrogen-bond donors (Lipinski definition) is 1. The molecule has 11 heavy (non-hydrogen) atoms. The molecule has 56 valence electrons. The maximum absolute atomic E-state index is 9.14. The van der Waals surface area contributed by atoms with Crippen LogP contribution in [-0.4, -0.2) is 5.11 Å².